The zero-order chi connectivity index (χ0) is 14.4. The molecule has 1 fully saturated rings. The van der Waals surface area contributed by atoms with Crippen molar-refractivity contribution in [3.05, 3.63) is 29.8 Å². The predicted molar refractivity (Wildman–Crippen MR) is 87.4 cm³/mol. The molecule has 1 unspecified atom stereocenters. The highest BCUT2D eigenvalue weighted by Gasteiger charge is 2.20. The zero-order valence-electron chi connectivity index (χ0n) is 13.2. The molecule has 0 radical (unpaired) electrons. The molecule has 0 aliphatic carbocycles. The lowest BCUT2D eigenvalue weighted by Gasteiger charge is -2.34. The van der Waals surface area contributed by atoms with Gasteiger partial charge >= 0.3 is 0 Å². The SMILES string of the molecule is CCCN(Cc1ccc(N(C)C)cc1)C1CCCNC1. The average molecular weight is 275 g/mol. The molecule has 1 aromatic carbocycles. The summed E-state index contributed by atoms with van der Waals surface area (Å²) >= 11 is 0. The lowest BCUT2D eigenvalue weighted by atomic mass is 10.0. The van der Waals surface area contributed by atoms with Crippen LogP contribution in [0.15, 0.2) is 24.3 Å². The van der Waals surface area contributed by atoms with Gasteiger partial charge in [-0.25, -0.2) is 0 Å². The maximum Gasteiger partial charge on any atom is 0.0361 e. The van der Waals surface area contributed by atoms with Gasteiger partial charge in [-0.2, -0.15) is 0 Å². The molecule has 20 heavy (non-hydrogen) atoms. The zero-order valence-corrected chi connectivity index (χ0v) is 13.2. The molecular weight excluding hydrogens is 246 g/mol. The third kappa shape index (κ3) is 4.22. The highest BCUT2D eigenvalue weighted by Crippen LogP contribution is 2.17. The Hall–Kier alpha value is -1.06. The van der Waals surface area contributed by atoms with Gasteiger partial charge in [-0.15, -0.1) is 0 Å². The monoisotopic (exact) mass is 275 g/mol. The highest BCUT2D eigenvalue weighted by atomic mass is 15.2. The van der Waals surface area contributed by atoms with Crippen LogP contribution < -0.4 is 10.2 Å². The normalized spacial score (nSPS) is 19.3. The Morgan fingerprint density at radius 3 is 2.50 bits per heavy atom. The number of hydrogen-bond acceptors (Lipinski definition) is 3. The molecule has 0 amide bonds. The Morgan fingerprint density at radius 2 is 1.95 bits per heavy atom. The fourth-order valence-corrected chi connectivity index (χ4v) is 2.96. The van der Waals surface area contributed by atoms with Gasteiger partial charge in [0.05, 0.1) is 0 Å². The molecule has 0 spiro atoms. The minimum absolute atomic E-state index is 0.706. The standard InChI is InChI=1S/C17H29N3/c1-4-12-20(17-6-5-11-18-13-17)14-15-7-9-16(10-8-15)19(2)3/h7-10,17-18H,4-6,11-14H2,1-3H3. The van der Waals surface area contributed by atoms with E-state index in [2.05, 4.69) is 60.4 Å². The molecule has 0 aromatic heterocycles. The van der Waals surface area contributed by atoms with E-state index in [0.717, 1.165) is 13.1 Å². The van der Waals surface area contributed by atoms with Gasteiger partial charge in [-0.1, -0.05) is 19.1 Å². The number of nitrogens with zero attached hydrogens (tertiary/aromatic N) is 2. The topological polar surface area (TPSA) is 18.5 Å². The van der Waals surface area contributed by atoms with Gasteiger partial charge in [0.25, 0.3) is 0 Å². The van der Waals surface area contributed by atoms with Crippen molar-refractivity contribution in [3.63, 3.8) is 0 Å². The van der Waals surface area contributed by atoms with E-state index in [-0.39, 0.29) is 0 Å². The van der Waals surface area contributed by atoms with Crippen LogP contribution in [0, 0.1) is 0 Å². The quantitative estimate of drug-likeness (QED) is 0.861. The Bertz CT molecular complexity index is 380. The summed E-state index contributed by atoms with van der Waals surface area (Å²) in [4.78, 5) is 4.80. The smallest absolute Gasteiger partial charge is 0.0361 e. The van der Waals surface area contributed by atoms with Crippen LogP contribution in [-0.2, 0) is 6.54 Å². The first kappa shape index (κ1) is 15.3. The van der Waals surface area contributed by atoms with E-state index >= 15 is 0 Å². The van der Waals surface area contributed by atoms with Crippen molar-refractivity contribution in [3.8, 4) is 0 Å². The molecular formula is C17H29N3. The molecule has 1 heterocycles. The van der Waals surface area contributed by atoms with Crippen molar-refractivity contribution in [2.75, 3.05) is 38.6 Å². The Labute approximate surface area is 124 Å². The number of rotatable bonds is 6. The molecule has 2 rings (SSSR count). The van der Waals surface area contributed by atoms with E-state index < -0.39 is 0 Å². The third-order valence-corrected chi connectivity index (χ3v) is 4.14. The van der Waals surface area contributed by atoms with Crippen molar-refractivity contribution >= 4 is 5.69 Å². The molecule has 1 N–H and O–H groups in total. The molecule has 0 bridgehead atoms. The maximum atomic E-state index is 3.54. The second-order valence-corrected chi connectivity index (χ2v) is 6.03. The summed E-state index contributed by atoms with van der Waals surface area (Å²) in [5.74, 6) is 0. The minimum Gasteiger partial charge on any atom is -0.378 e. The summed E-state index contributed by atoms with van der Waals surface area (Å²) in [5, 5.41) is 3.54. The van der Waals surface area contributed by atoms with Crippen molar-refractivity contribution in [2.45, 2.75) is 38.8 Å². The molecule has 1 aromatic rings. The molecule has 0 saturated carbocycles. The molecule has 3 heteroatoms. The summed E-state index contributed by atoms with van der Waals surface area (Å²) in [6.07, 6.45) is 3.87. The van der Waals surface area contributed by atoms with E-state index in [0.29, 0.717) is 6.04 Å². The van der Waals surface area contributed by atoms with Gasteiger partial charge in [-0.3, -0.25) is 4.90 Å². The van der Waals surface area contributed by atoms with E-state index in [9.17, 15) is 0 Å². The summed E-state index contributed by atoms with van der Waals surface area (Å²) in [7, 11) is 4.18. The largest absolute Gasteiger partial charge is 0.378 e. The van der Waals surface area contributed by atoms with Crippen LogP contribution >= 0.6 is 0 Å². The summed E-state index contributed by atoms with van der Waals surface area (Å²) < 4.78 is 0. The molecule has 112 valence electrons. The first-order chi connectivity index (χ1) is 9.70. The van der Waals surface area contributed by atoms with Crippen LogP contribution in [0.1, 0.15) is 31.7 Å². The number of benzene rings is 1. The molecule has 1 saturated heterocycles. The van der Waals surface area contributed by atoms with E-state index in [4.69, 9.17) is 0 Å². The van der Waals surface area contributed by atoms with Gasteiger partial charge in [-0.05, 0) is 50.0 Å². The summed E-state index contributed by atoms with van der Waals surface area (Å²) in [6.45, 7) is 6.89. The lowest BCUT2D eigenvalue weighted by molar-refractivity contribution is 0.158. The van der Waals surface area contributed by atoms with Gasteiger partial charge < -0.3 is 10.2 Å². The molecule has 3 nitrogen and oxygen atoms in total. The Kier molecular flexibility index (Phi) is 5.86. The van der Waals surface area contributed by atoms with Gasteiger partial charge in [0.2, 0.25) is 0 Å². The second-order valence-electron chi connectivity index (χ2n) is 6.03. The highest BCUT2D eigenvalue weighted by molar-refractivity contribution is 5.45. The van der Waals surface area contributed by atoms with E-state index in [1.54, 1.807) is 0 Å². The average Bonchev–Trinajstić information content (AvgIpc) is 2.48. The fourth-order valence-electron chi connectivity index (χ4n) is 2.96. The van der Waals surface area contributed by atoms with Crippen LogP contribution in [0.5, 0.6) is 0 Å². The molecule has 1 aliphatic heterocycles. The fraction of sp³-hybridized carbons (Fsp3) is 0.647. The van der Waals surface area contributed by atoms with Crippen LogP contribution in [0.4, 0.5) is 5.69 Å². The van der Waals surface area contributed by atoms with Gasteiger partial charge in [0.1, 0.15) is 0 Å². The number of piperidine rings is 1. The third-order valence-electron chi connectivity index (χ3n) is 4.14. The first-order valence-electron chi connectivity index (χ1n) is 7.91. The van der Waals surface area contributed by atoms with Crippen molar-refractivity contribution < 1.29 is 0 Å². The van der Waals surface area contributed by atoms with Crippen molar-refractivity contribution in [1.82, 2.24) is 10.2 Å². The van der Waals surface area contributed by atoms with E-state index in [1.165, 1.54) is 43.6 Å². The number of anilines is 1. The van der Waals surface area contributed by atoms with Crippen LogP contribution in [0.2, 0.25) is 0 Å². The van der Waals surface area contributed by atoms with E-state index in [1.807, 2.05) is 0 Å². The molecule has 1 atom stereocenters. The number of hydrogen-bond donors (Lipinski definition) is 1. The summed E-state index contributed by atoms with van der Waals surface area (Å²) in [6, 6.07) is 9.69. The van der Waals surface area contributed by atoms with Crippen LogP contribution in [-0.4, -0.2) is 44.7 Å². The maximum absolute atomic E-state index is 3.54. The lowest BCUT2D eigenvalue weighted by Crippen LogP contribution is -2.45. The van der Waals surface area contributed by atoms with Gasteiger partial charge in [0, 0.05) is 38.9 Å². The van der Waals surface area contributed by atoms with Crippen molar-refractivity contribution in [1.29, 1.82) is 0 Å². The van der Waals surface area contributed by atoms with Gasteiger partial charge in [0.15, 0.2) is 0 Å². The Morgan fingerprint density at radius 1 is 1.20 bits per heavy atom. The first-order valence-corrected chi connectivity index (χ1v) is 7.91. The number of nitrogens with one attached hydrogen (secondary N) is 1. The van der Waals surface area contributed by atoms with Crippen LogP contribution in [0.3, 0.4) is 0 Å². The Balaban J connectivity index is 1.99. The van der Waals surface area contributed by atoms with Crippen LogP contribution in [0.25, 0.3) is 0 Å². The molecule has 1 aliphatic rings. The summed E-state index contributed by atoms with van der Waals surface area (Å²) in [5.41, 5.74) is 2.70. The minimum atomic E-state index is 0.706. The second kappa shape index (κ2) is 7.65. The van der Waals surface area contributed by atoms with Crippen molar-refractivity contribution in [2.24, 2.45) is 0 Å². The predicted octanol–water partition coefficient (Wildman–Crippen LogP) is 2.72.